The van der Waals surface area contributed by atoms with Crippen molar-refractivity contribution in [2.24, 2.45) is 5.41 Å². The van der Waals surface area contributed by atoms with E-state index in [1.807, 2.05) is 24.4 Å². The van der Waals surface area contributed by atoms with Crippen LogP contribution in [0.2, 0.25) is 0 Å². The summed E-state index contributed by atoms with van der Waals surface area (Å²) in [5.74, 6) is 0. The minimum Gasteiger partial charge on any atom is -0.381 e. The Labute approximate surface area is 150 Å². The average molecular weight is 346 g/mol. The number of nitrogens with zero attached hydrogens (tertiary/aromatic N) is 2. The number of ether oxygens (including phenoxy) is 3. The predicted molar refractivity (Wildman–Crippen MR) is 95.3 cm³/mol. The third kappa shape index (κ3) is 4.05. The van der Waals surface area contributed by atoms with Gasteiger partial charge in [-0.2, -0.15) is 0 Å². The van der Waals surface area contributed by atoms with Gasteiger partial charge in [-0.15, -0.1) is 0 Å². The molecule has 0 radical (unpaired) electrons. The van der Waals surface area contributed by atoms with Gasteiger partial charge in [0.05, 0.1) is 25.0 Å². The van der Waals surface area contributed by atoms with Gasteiger partial charge in [0.15, 0.2) is 0 Å². The number of piperidine rings is 1. The van der Waals surface area contributed by atoms with Crippen LogP contribution in [-0.4, -0.2) is 61.5 Å². The molecule has 0 N–H and O–H groups in total. The zero-order chi connectivity index (χ0) is 17.0. The van der Waals surface area contributed by atoms with Crippen LogP contribution in [0.15, 0.2) is 24.4 Å². The minimum absolute atomic E-state index is 0.142. The van der Waals surface area contributed by atoms with E-state index in [0.29, 0.717) is 18.8 Å². The minimum atomic E-state index is 0.142. The summed E-state index contributed by atoms with van der Waals surface area (Å²) in [4.78, 5) is 7.06. The number of aromatic nitrogens is 1. The van der Waals surface area contributed by atoms with Crippen molar-refractivity contribution in [1.29, 1.82) is 0 Å². The number of pyridine rings is 1. The Morgan fingerprint density at radius 2 is 2.12 bits per heavy atom. The molecule has 25 heavy (non-hydrogen) atoms. The van der Waals surface area contributed by atoms with Gasteiger partial charge in [0.1, 0.15) is 0 Å². The number of likely N-dealkylation sites (tertiary alicyclic amines) is 1. The van der Waals surface area contributed by atoms with Gasteiger partial charge in [0, 0.05) is 50.6 Å². The fourth-order valence-electron chi connectivity index (χ4n) is 4.74. The van der Waals surface area contributed by atoms with Crippen molar-refractivity contribution >= 4 is 0 Å². The van der Waals surface area contributed by atoms with Crippen LogP contribution >= 0.6 is 0 Å². The first-order valence-corrected chi connectivity index (χ1v) is 9.77. The first-order chi connectivity index (χ1) is 12.4. The van der Waals surface area contributed by atoms with Crippen LogP contribution in [0.5, 0.6) is 0 Å². The van der Waals surface area contributed by atoms with Gasteiger partial charge in [-0.3, -0.25) is 9.88 Å². The van der Waals surface area contributed by atoms with Gasteiger partial charge in [-0.25, -0.2) is 0 Å². The second-order valence-corrected chi connectivity index (χ2v) is 7.74. The Hall–Kier alpha value is -1.01. The van der Waals surface area contributed by atoms with Crippen LogP contribution in [0.25, 0.3) is 0 Å². The highest BCUT2D eigenvalue weighted by atomic mass is 16.5. The van der Waals surface area contributed by atoms with E-state index in [0.717, 1.165) is 70.9 Å². The van der Waals surface area contributed by atoms with Gasteiger partial charge in [0.25, 0.3) is 0 Å². The molecule has 0 aromatic carbocycles. The molecular weight excluding hydrogens is 316 g/mol. The third-order valence-electron chi connectivity index (χ3n) is 6.09. The molecule has 5 heteroatoms. The molecule has 1 aromatic heterocycles. The van der Waals surface area contributed by atoms with E-state index in [1.54, 1.807) is 0 Å². The molecule has 0 saturated carbocycles. The second kappa shape index (κ2) is 8.12. The highest BCUT2D eigenvalue weighted by molar-refractivity contribution is 5.02. The van der Waals surface area contributed by atoms with Crippen molar-refractivity contribution in [2.45, 2.75) is 50.9 Å². The fraction of sp³-hybridized carbons (Fsp3) is 0.750. The van der Waals surface area contributed by atoms with Crippen LogP contribution in [0.3, 0.4) is 0 Å². The summed E-state index contributed by atoms with van der Waals surface area (Å²) in [6.07, 6.45) is 7.99. The Morgan fingerprint density at radius 3 is 2.96 bits per heavy atom. The standard InChI is InChI=1S/C20H30N2O3/c1-2-9-21-17(4-1)14-24-16-20-8-3-11-25-19(20)5-10-22(15-20)18-6-12-23-13-7-18/h1-2,4,9,18-19H,3,5-8,10-16H2/t19-,20+/m1/s1. The van der Waals surface area contributed by atoms with Crippen molar-refractivity contribution in [3.8, 4) is 0 Å². The molecule has 3 aliphatic rings. The lowest BCUT2D eigenvalue weighted by atomic mass is 9.72. The molecule has 0 bridgehead atoms. The first-order valence-electron chi connectivity index (χ1n) is 9.77. The van der Waals surface area contributed by atoms with E-state index < -0.39 is 0 Å². The summed E-state index contributed by atoms with van der Waals surface area (Å²) in [6.45, 7) is 6.33. The maximum atomic E-state index is 6.18. The zero-order valence-corrected chi connectivity index (χ0v) is 15.1. The van der Waals surface area contributed by atoms with Crippen LogP contribution < -0.4 is 0 Å². The van der Waals surface area contributed by atoms with E-state index in [2.05, 4.69) is 9.88 Å². The van der Waals surface area contributed by atoms with Gasteiger partial charge >= 0.3 is 0 Å². The van der Waals surface area contributed by atoms with E-state index in [9.17, 15) is 0 Å². The largest absolute Gasteiger partial charge is 0.381 e. The van der Waals surface area contributed by atoms with E-state index in [4.69, 9.17) is 14.2 Å². The van der Waals surface area contributed by atoms with Crippen molar-refractivity contribution < 1.29 is 14.2 Å². The van der Waals surface area contributed by atoms with E-state index >= 15 is 0 Å². The topological polar surface area (TPSA) is 43.8 Å². The normalized spacial score (nSPS) is 31.6. The van der Waals surface area contributed by atoms with Crippen molar-refractivity contribution in [3.63, 3.8) is 0 Å². The number of fused-ring (bicyclic) bond motifs is 1. The molecule has 0 amide bonds. The highest BCUT2D eigenvalue weighted by Gasteiger charge is 2.47. The van der Waals surface area contributed by atoms with Crippen LogP contribution in [-0.2, 0) is 20.8 Å². The summed E-state index contributed by atoms with van der Waals surface area (Å²) < 4.78 is 17.9. The lowest BCUT2D eigenvalue weighted by Crippen LogP contribution is -2.59. The van der Waals surface area contributed by atoms with Gasteiger partial charge in [-0.05, 0) is 44.2 Å². The number of rotatable bonds is 5. The Bertz CT molecular complexity index is 535. The summed E-state index contributed by atoms with van der Waals surface area (Å²) in [5.41, 5.74) is 1.15. The molecular formula is C20H30N2O3. The van der Waals surface area contributed by atoms with Crippen LogP contribution in [0.4, 0.5) is 0 Å². The summed E-state index contributed by atoms with van der Waals surface area (Å²) in [5, 5.41) is 0. The summed E-state index contributed by atoms with van der Waals surface area (Å²) in [7, 11) is 0. The molecule has 4 heterocycles. The fourth-order valence-corrected chi connectivity index (χ4v) is 4.74. The first kappa shape index (κ1) is 17.4. The predicted octanol–water partition coefficient (Wildman–Crippen LogP) is 2.65. The molecule has 3 aliphatic heterocycles. The molecule has 0 unspecified atom stereocenters. The molecule has 0 aliphatic carbocycles. The van der Waals surface area contributed by atoms with Gasteiger partial charge < -0.3 is 14.2 Å². The van der Waals surface area contributed by atoms with Crippen molar-refractivity contribution in [3.05, 3.63) is 30.1 Å². The average Bonchev–Trinajstić information content (AvgIpc) is 2.69. The smallest absolute Gasteiger partial charge is 0.0888 e. The maximum Gasteiger partial charge on any atom is 0.0888 e. The van der Waals surface area contributed by atoms with E-state index in [1.165, 1.54) is 6.42 Å². The maximum absolute atomic E-state index is 6.18. The highest BCUT2D eigenvalue weighted by Crippen LogP contribution is 2.41. The van der Waals surface area contributed by atoms with Crippen LogP contribution in [0.1, 0.15) is 37.8 Å². The lowest BCUT2D eigenvalue weighted by Gasteiger charge is -2.52. The molecule has 3 saturated heterocycles. The lowest BCUT2D eigenvalue weighted by molar-refractivity contribution is -0.163. The summed E-state index contributed by atoms with van der Waals surface area (Å²) >= 11 is 0. The van der Waals surface area contributed by atoms with Crippen molar-refractivity contribution in [1.82, 2.24) is 9.88 Å². The molecule has 1 aromatic rings. The zero-order valence-electron chi connectivity index (χ0n) is 15.1. The SMILES string of the molecule is c1ccc(COC[C@@]23CCCO[C@@H]2CCN(C2CCOCC2)C3)nc1. The van der Waals surface area contributed by atoms with Gasteiger partial charge in [-0.1, -0.05) is 6.07 Å². The molecule has 3 fully saturated rings. The number of hydrogen-bond acceptors (Lipinski definition) is 5. The Kier molecular flexibility index (Phi) is 5.66. The monoisotopic (exact) mass is 346 g/mol. The molecule has 0 spiro atoms. The Balaban J connectivity index is 1.40. The molecule has 2 atom stereocenters. The van der Waals surface area contributed by atoms with Gasteiger partial charge in [0.2, 0.25) is 0 Å². The molecule has 138 valence electrons. The molecule has 4 rings (SSSR count). The van der Waals surface area contributed by atoms with Crippen molar-refractivity contribution in [2.75, 3.05) is 39.5 Å². The summed E-state index contributed by atoms with van der Waals surface area (Å²) in [6, 6.07) is 6.66. The van der Waals surface area contributed by atoms with E-state index in [-0.39, 0.29) is 5.41 Å². The molecule has 5 nitrogen and oxygen atoms in total. The van der Waals surface area contributed by atoms with Crippen LogP contribution in [0, 0.1) is 5.41 Å². The third-order valence-corrected chi connectivity index (χ3v) is 6.09. The number of hydrogen-bond donors (Lipinski definition) is 0. The second-order valence-electron chi connectivity index (χ2n) is 7.74. The quantitative estimate of drug-likeness (QED) is 0.820. The Morgan fingerprint density at radius 1 is 1.20 bits per heavy atom.